The zero-order valence-corrected chi connectivity index (χ0v) is 15.1. The molecule has 2 atom stereocenters. The number of allylic oxidation sites excluding steroid dienone is 1. The molecule has 130 valence electrons. The van der Waals surface area contributed by atoms with E-state index in [1.54, 1.807) is 7.05 Å². The van der Waals surface area contributed by atoms with Crippen molar-refractivity contribution in [3.8, 4) is 0 Å². The molecule has 23 heavy (non-hydrogen) atoms. The second-order valence-corrected chi connectivity index (χ2v) is 7.78. The van der Waals surface area contributed by atoms with Crippen molar-refractivity contribution in [3.63, 3.8) is 0 Å². The Morgan fingerprint density at radius 1 is 1.17 bits per heavy atom. The Hall–Kier alpha value is -1.23. The van der Waals surface area contributed by atoms with Crippen LogP contribution in [-0.4, -0.2) is 61.2 Å². The Morgan fingerprint density at radius 2 is 1.83 bits per heavy atom. The van der Waals surface area contributed by atoms with Gasteiger partial charge in [0.2, 0.25) is 5.96 Å². The summed E-state index contributed by atoms with van der Waals surface area (Å²) in [6.45, 7) is 14.2. The van der Waals surface area contributed by atoms with Crippen LogP contribution in [0.3, 0.4) is 0 Å². The minimum absolute atomic E-state index is 0.419. The minimum atomic E-state index is -0.538. The first-order chi connectivity index (χ1) is 10.8. The largest absolute Gasteiger partial charge is 0.339 e. The maximum Gasteiger partial charge on any atom is 0.220 e. The number of halogens is 1. The van der Waals surface area contributed by atoms with Crippen LogP contribution in [0.2, 0.25) is 0 Å². The van der Waals surface area contributed by atoms with Gasteiger partial charge in [-0.3, -0.25) is 9.89 Å². The van der Waals surface area contributed by atoms with Crippen LogP contribution in [0, 0.1) is 11.3 Å². The van der Waals surface area contributed by atoms with Gasteiger partial charge in [-0.05, 0) is 30.6 Å². The lowest BCUT2D eigenvalue weighted by Gasteiger charge is -2.39. The van der Waals surface area contributed by atoms with E-state index in [9.17, 15) is 4.39 Å². The summed E-state index contributed by atoms with van der Waals surface area (Å²) >= 11 is 0. The number of aliphatic imine (C=N–C) groups is 2. The molecular weight excluding hydrogens is 291 g/mol. The SMILES string of the molecule is C=C(F)/C=N\C(=NC)N1CCN([C@@H]2CCC(C(C)(C)C)C2)CC1. The molecule has 0 bridgehead atoms. The van der Waals surface area contributed by atoms with E-state index in [1.165, 1.54) is 19.3 Å². The highest BCUT2D eigenvalue weighted by Gasteiger charge is 2.36. The predicted octanol–water partition coefficient (Wildman–Crippen LogP) is 3.36. The minimum Gasteiger partial charge on any atom is -0.339 e. The normalized spacial score (nSPS) is 27.9. The van der Waals surface area contributed by atoms with Crippen molar-refractivity contribution in [3.05, 3.63) is 12.4 Å². The fraction of sp³-hybridized carbons (Fsp3) is 0.778. The lowest BCUT2D eigenvalue weighted by molar-refractivity contribution is 0.124. The van der Waals surface area contributed by atoms with Gasteiger partial charge in [-0.2, -0.15) is 0 Å². The van der Waals surface area contributed by atoms with Crippen molar-refractivity contribution in [1.82, 2.24) is 9.80 Å². The number of guanidine groups is 1. The molecule has 2 fully saturated rings. The van der Waals surface area contributed by atoms with E-state index in [4.69, 9.17) is 0 Å². The van der Waals surface area contributed by atoms with Crippen LogP contribution < -0.4 is 0 Å². The smallest absolute Gasteiger partial charge is 0.220 e. The Kier molecular flexibility index (Phi) is 5.95. The highest BCUT2D eigenvalue weighted by molar-refractivity contribution is 5.92. The van der Waals surface area contributed by atoms with Crippen molar-refractivity contribution >= 4 is 12.2 Å². The third-order valence-electron chi connectivity index (χ3n) is 5.26. The van der Waals surface area contributed by atoms with Gasteiger partial charge in [0.05, 0.1) is 6.21 Å². The van der Waals surface area contributed by atoms with Crippen LogP contribution >= 0.6 is 0 Å². The zero-order valence-electron chi connectivity index (χ0n) is 15.1. The molecular formula is C18H31FN4. The van der Waals surface area contributed by atoms with Gasteiger partial charge < -0.3 is 4.90 Å². The molecule has 1 heterocycles. The second kappa shape index (κ2) is 7.56. The van der Waals surface area contributed by atoms with Gasteiger partial charge in [0.25, 0.3) is 0 Å². The van der Waals surface area contributed by atoms with E-state index in [0.717, 1.165) is 44.4 Å². The summed E-state index contributed by atoms with van der Waals surface area (Å²) in [7, 11) is 1.70. The van der Waals surface area contributed by atoms with Crippen LogP contribution in [0.1, 0.15) is 40.0 Å². The summed E-state index contributed by atoms with van der Waals surface area (Å²) < 4.78 is 12.7. The number of nitrogens with zero attached hydrogens (tertiary/aromatic N) is 4. The standard InChI is InChI=1S/C18H31FN4/c1-14(19)13-21-17(20-5)23-10-8-22(9-11-23)16-7-6-15(12-16)18(2,3)4/h13,15-16H,1,6-12H2,2-5H3/b20-17?,21-13-/t15?,16-/m1/s1. The summed E-state index contributed by atoms with van der Waals surface area (Å²) in [6.07, 6.45) is 5.12. The topological polar surface area (TPSA) is 31.2 Å². The average molecular weight is 322 g/mol. The molecule has 2 aliphatic rings. The summed E-state index contributed by atoms with van der Waals surface area (Å²) in [5.74, 6) is 0.893. The number of hydrogen-bond donors (Lipinski definition) is 0. The molecule has 0 aromatic carbocycles. The maximum atomic E-state index is 12.7. The fourth-order valence-corrected chi connectivity index (χ4v) is 3.77. The van der Waals surface area contributed by atoms with E-state index in [2.05, 4.69) is 47.1 Å². The number of rotatable bonds is 2. The van der Waals surface area contributed by atoms with Crippen molar-refractivity contribution in [2.24, 2.45) is 21.3 Å². The molecule has 1 aliphatic carbocycles. The van der Waals surface area contributed by atoms with Gasteiger partial charge in [0.15, 0.2) is 0 Å². The third kappa shape index (κ3) is 4.87. The highest BCUT2D eigenvalue weighted by Crippen LogP contribution is 2.41. The number of piperazine rings is 1. The van der Waals surface area contributed by atoms with Crippen LogP contribution in [-0.2, 0) is 0 Å². The molecule has 4 nitrogen and oxygen atoms in total. The third-order valence-corrected chi connectivity index (χ3v) is 5.26. The molecule has 0 N–H and O–H groups in total. The van der Waals surface area contributed by atoms with Gasteiger partial charge in [-0.1, -0.05) is 27.4 Å². The Bertz CT molecular complexity index is 470. The van der Waals surface area contributed by atoms with E-state index in [0.29, 0.717) is 11.4 Å². The first-order valence-corrected chi connectivity index (χ1v) is 8.65. The van der Waals surface area contributed by atoms with Crippen molar-refractivity contribution in [2.45, 2.75) is 46.1 Å². The van der Waals surface area contributed by atoms with Crippen LogP contribution in [0.5, 0.6) is 0 Å². The van der Waals surface area contributed by atoms with Gasteiger partial charge in [0, 0.05) is 39.3 Å². The quantitative estimate of drug-likeness (QED) is 0.576. The first kappa shape index (κ1) is 18.1. The molecule has 5 heteroatoms. The molecule has 1 unspecified atom stereocenters. The van der Waals surface area contributed by atoms with E-state index in [-0.39, 0.29) is 0 Å². The van der Waals surface area contributed by atoms with Crippen molar-refractivity contribution < 1.29 is 4.39 Å². The van der Waals surface area contributed by atoms with Gasteiger partial charge in [-0.15, -0.1) is 0 Å². The van der Waals surface area contributed by atoms with Gasteiger partial charge in [0.1, 0.15) is 5.83 Å². The maximum absolute atomic E-state index is 12.7. The fourth-order valence-electron chi connectivity index (χ4n) is 3.77. The molecule has 1 saturated heterocycles. The molecule has 0 amide bonds. The van der Waals surface area contributed by atoms with Gasteiger partial charge >= 0.3 is 0 Å². The average Bonchev–Trinajstić information content (AvgIpc) is 2.98. The van der Waals surface area contributed by atoms with E-state index in [1.807, 2.05) is 0 Å². The van der Waals surface area contributed by atoms with Crippen molar-refractivity contribution in [2.75, 3.05) is 33.2 Å². The zero-order chi connectivity index (χ0) is 17.0. The lowest BCUT2D eigenvalue weighted by atomic mass is 9.79. The van der Waals surface area contributed by atoms with Crippen LogP contribution in [0.15, 0.2) is 22.4 Å². The van der Waals surface area contributed by atoms with Crippen LogP contribution in [0.25, 0.3) is 0 Å². The monoisotopic (exact) mass is 322 g/mol. The Labute approximate surface area is 140 Å². The molecule has 0 radical (unpaired) electrons. The van der Waals surface area contributed by atoms with E-state index < -0.39 is 5.83 Å². The Morgan fingerprint density at radius 3 is 2.30 bits per heavy atom. The van der Waals surface area contributed by atoms with Crippen molar-refractivity contribution in [1.29, 1.82) is 0 Å². The molecule has 0 aromatic heterocycles. The lowest BCUT2D eigenvalue weighted by Crippen LogP contribution is -2.51. The molecule has 1 aliphatic heterocycles. The predicted molar refractivity (Wildman–Crippen MR) is 95.8 cm³/mol. The Balaban J connectivity index is 1.86. The second-order valence-electron chi connectivity index (χ2n) is 7.78. The molecule has 0 aromatic rings. The molecule has 0 spiro atoms. The summed E-state index contributed by atoms with van der Waals surface area (Å²) in [4.78, 5) is 13.0. The summed E-state index contributed by atoms with van der Waals surface area (Å²) in [6, 6.07) is 0.720. The van der Waals surface area contributed by atoms with Crippen LogP contribution in [0.4, 0.5) is 4.39 Å². The first-order valence-electron chi connectivity index (χ1n) is 8.65. The summed E-state index contributed by atoms with van der Waals surface area (Å²) in [5, 5.41) is 0. The highest BCUT2D eigenvalue weighted by atomic mass is 19.1. The summed E-state index contributed by atoms with van der Waals surface area (Å²) in [5.41, 5.74) is 0.419. The number of hydrogen-bond acceptors (Lipinski definition) is 2. The molecule has 1 saturated carbocycles. The van der Waals surface area contributed by atoms with E-state index >= 15 is 0 Å². The molecule has 2 rings (SSSR count). The van der Waals surface area contributed by atoms with Gasteiger partial charge in [-0.25, -0.2) is 9.38 Å².